The minimum atomic E-state index is -0.409. The molecule has 1 fully saturated rings. The second kappa shape index (κ2) is 7.54. The minimum Gasteiger partial charge on any atom is -0.367 e. The Kier molecular flexibility index (Phi) is 5.99. The first-order valence-electron chi connectivity index (χ1n) is 8.06. The molecule has 5 heteroatoms. The zero-order valence-electron chi connectivity index (χ0n) is 13.0. The number of hydrogen-bond donors (Lipinski definition) is 1. The summed E-state index contributed by atoms with van der Waals surface area (Å²) in [6, 6.07) is 0. The first-order valence-corrected chi connectivity index (χ1v) is 8.85. The first kappa shape index (κ1) is 16.7. The van der Waals surface area contributed by atoms with E-state index in [4.69, 9.17) is 9.72 Å². The second-order valence-corrected chi connectivity index (χ2v) is 6.56. The van der Waals surface area contributed by atoms with E-state index in [2.05, 4.69) is 27.8 Å². The van der Waals surface area contributed by atoms with Gasteiger partial charge in [0.2, 0.25) is 0 Å². The van der Waals surface area contributed by atoms with Crippen LogP contribution in [-0.4, -0.2) is 16.6 Å². The van der Waals surface area contributed by atoms with Crippen molar-refractivity contribution in [3.8, 4) is 0 Å². The summed E-state index contributed by atoms with van der Waals surface area (Å²) in [5, 5.41) is 0. The quantitative estimate of drug-likeness (QED) is 0.808. The highest BCUT2D eigenvalue weighted by Crippen LogP contribution is 2.37. The highest BCUT2D eigenvalue weighted by Gasteiger charge is 2.36. The Balaban J connectivity index is 2.46. The average Bonchev–Trinajstić information content (AvgIpc) is 2.71. The van der Waals surface area contributed by atoms with Gasteiger partial charge in [0.1, 0.15) is 15.9 Å². The van der Waals surface area contributed by atoms with Crippen molar-refractivity contribution >= 4 is 15.9 Å². The van der Waals surface area contributed by atoms with E-state index in [1.165, 1.54) is 12.8 Å². The molecule has 1 saturated carbocycles. The maximum Gasteiger partial charge on any atom is 0.265 e. The van der Waals surface area contributed by atoms with Crippen LogP contribution >= 0.6 is 15.9 Å². The maximum atomic E-state index is 12.2. The van der Waals surface area contributed by atoms with Crippen LogP contribution in [0.2, 0.25) is 0 Å². The average molecular weight is 357 g/mol. The summed E-state index contributed by atoms with van der Waals surface area (Å²) in [7, 11) is 0. The molecule has 0 spiro atoms. The number of halogens is 1. The van der Waals surface area contributed by atoms with Crippen LogP contribution in [0.1, 0.15) is 70.3 Å². The zero-order valence-corrected chi connectivity index (χ0v) is 14.6. The van der Waals surface area contributed by atoms with E-state index >= 15 is 0 Å². The molecular formula is C16H25BrN2O2. The lowest BCUT2D eigenvalue weighted by Crippen LogP contribution is -2.34. The second-order valence-electron chi connectivity index (χ2n) is 5.77. The molecule has 0 radical (unpaired) electrons. The minimum absolute atomic E-state index is 0.0909. The number of aryl methyl sites for hydroxylation is 1. The molecule has 0 amide bonds. The van der Waals surface area contributed by atoms with Gasteiger partial charge in [0, 0.05) is 6.61 Å². The number of H-pyrrole nitrogens is 1. The van der Waals surface area contributed by atoms with Crippen molar-refractivity contribution in [3.05, 3.63) is 26.3 Å². The van der Waals surface area contributed by atoms with Gasteiger partial charge in [0.15, 0.2) is 0 Å². The van der Waals surface area contributed by atoms with Gasteiger partial charge >= 0.3 is 0 Å². The molecule has 2 rings (SSSR count). The normalized spacial score (nSPS) is 18.4. The molecule has 0 aliphatic heterocycles. The predicted molar refractivity (Wildman–Crippen MR) is 87.6 cm³/mol. The van der Waals surface area contributed by atoms with E-state index in [1.807, 2.05) is 6.92 Å². The summed E-state index contributed by atoms with van der Waals surface area (Å²) in [4.78, 5) is 19.9. The maximum absolute atomic E-state index is 12.2. The van der Waals surface area contributed by atoms with E-state index in [0.717, 1.165) is 50.0 Å². The van der Waals surface area contributed by atoms with Crippen molar-refractivity contribution in [1.82, 2.24) is 9.97 Å². The molecule has 0 saturated heterocycles. The topological polar surface area (TPSA) is 55.0 Å². The SMILES string of the molecule is CCCc1nc(C2(OCC)CCCCCC2)[nH]c(=O)c1Br. The summed E-state index contributed by atoms with van der Waals surface area (Å²) in [5.74, 6) is 0.725. The van der Waals surface area contributed by atoms with Gasteiger partial charge in [-0.05, 0) is 42.1 Å². The van der Waals surface area contributed by atoms with Crippen LogP contribution < -0.4 is 5.56 Å². The summed E-state index contributed by atoms with van der Waals surface area (Å²) in [6.07, 6.45) is 8.38. The summed E-state index contributed by atoms with van der Waals surface area (Å²) in [6.45, 7) is 4.75. The van der Waals surface area contributed by atoms with Crippen LogP contribution in [0.15, 0.2) is 9.27 Å². The molecule has 1 heterocycles. The van der Waals surface area contributed by atoms with Crippen molar-refractivity contribution in [2.45, 2.75) is 70.8 Å². The van der Waals surface area contributed by atoms with Crippen LogP contribution in [0.5, 0.6) is 0 Å². The Labute approximate surface area is 134 Å². The third-order valence-electron chi connectivity index (χ3n) is 4.18. The Bertz CT molecular complexity index is 519. The summed E-state index contributed by atoms with van der Waals surface area (Å²) < 4.78 is 6.68. The van der Waals surface area contributed by atoms with Gasteiger partial charge in [0.05, 0.1) is 5.69 Å². The van der Waals surface area contributed by atoms with Crippen molar-refractivity contribution in [1.29, 1.82) is 0 Å². The molecule has 1 aliphatic rings. The van der Waals surface area contributed by atoms with Crippen LogP contribution in [-0.2, 0) is 16.8 Å². The lowest BCUT2D eigenvalue weighted by Gasteiger charge is -2.31. The van der Waals surface area contributed by atoms with Gasteiger partial charge in [-0.2, -0.15) is 0 Å². The first-order chi connectivity index (χ1) is 10.1. The largest absolute Gasteiger partial charge is 0.367 e. The molecule has 0 unspecified atom stereocenters. The highest BCUT2D eigenvalue weighted by atomic mass is 79.9. The van der Waals surface area contributed by atoms with Crippen LogP contribution in [0, 0.1) is 0 Å². The number of aromatic amines is 1. The number of aromatic nitrogens is 2. The van der Waals surface area contributed by atoms with Gasteiger partial charge in [-0.1, -0.05) is 39.0 Å². The van der Waals surface area contributed by atoms with Crippen molar-refractivity contribution < 1.29 is 4.74 Å². The number of nitrogens with zero attached hydrogens (tertiary/aromatic N) is 1. The Morgan fingerprint density at radius 2 is 1.90 bits per heavy atom. The molecule has 0 bridgehead atoms. The van der Waals surface area contributed by atoms with Crippen molar-refractivity contribution in [3.63, 3.8) is 0 Å². The third kappa shape index (κ3) is 3.75. The fourth-order valence-corrected chi connectivity index (χ4v) is 3.54. The Hall–Kier alpha value is -0.680. The molecule has 4 nitrogen and oxygen atoms in total. The number of ether oxygens (including phenoxy) is 1. The molecule has 1 aliphatic carbocycles. The lowest BCUT2D eigenvalue weighted by atomic mass is 9.92. The Morgan fingerprint density at radius 3 is 2.48 bits per heavy atom. The van der Waals surface area contributed by atoms with Gasteiger partial charge in [-0.15, -0.1) is 0 Å². The smallest absolute Gasteiger partial charge is 0.265 e. The van der Waals surface area contributed by atoms with E-state index in [9.17, 15) is 4.79 Å². The lowest BCUT2D eigenvalue weighted by molar-refractivity contribution is -0.0627. The van der Waals surface area contributed by atoms with Gasteiger partial charge in [0.25, 0.3) is 5.56 Å². The van der Waals surface area contributed by atoms with E-state index in [1.54, 1.807) is 0 Å². The van der Waals surface area contributed by atoms with Crippen LogP contribution in [0.25, 0.3) is 0 Å². The standard InChI is InChI=1S/C16H25BrN2O2/c1-3-9-12-13(17)14(20)19-15(18-12)16(21-4-2)10-7-5-6-8-11-16/h3-11H2,1-2H3,(H,18,19,20). The van der Waals surface area contributed by atoms with E-state index < -0.39 is 5.60 Å². The van der Waals surface area contributed by atoms with Gasteiger partial charge in [-0.25, -0.2) is 4.98 Å². The molecule has 118 valence electrons. The molecular weight excluding hydrogens is 332 g/mol. The fourth-order valence-electron chi connectivity index (χ4n) is 3.15. The molecule has 0 aromatic carbocycles. The third-order valence-corrected chi connectivity index (χ3v) is 5.00. The van der Waals surface area contributed by atoms with Crippen LogP contribution in [0.4, 0.5) is 0 Å². The van der Waals surface area contributed by atoms with Gasteiger partial charge in [-0.3, -0.25) is 4.79 Å². The van der Waals surface area contributed by atoms with Crippen LogP contribution in [0.3, 0.4) is 0 Å². The number of hydrogen-bond acceptors (Lipinski definition) is 3. The van der Waals surface area contributed by atoms with Gasteiger partial charge < -0.3 is 9.72 Å². The Morgan fingerprint density at radius 1 is 1.24 bits per heavy atom. The number of rotatable bonds is 5. The monoisotopic (exact) mass is 356 g/mol. The van der Waals surface area contributed by atoms with E-state index in [0.29, 0.717) is 11.1 Å². The molecule has 1 aromatic heterocycles. The molecule has 21 heavy (non-hydrogen) atoms. The van der Waals surface area contributed by atoms with E-state index in [-0.39, 0.29) is 5.56 Å². The summed E-state index contributed by atoms with van der Waals surface area (Å²) >= 11 is 3.36. The highest BCUT2D eigenvalue weighted by molar-refractivity contribution is 9.10. The van der Waals surface area contributed by atoms with Crippen molar-refractivity contribution in [2.75, 3.05) is 6.61 Å². The predicted octanol–water partition coefficient (Wildman–Crippen LogP) is 4.07. The zero-order chi connectivity index (χ0) is 15.3. The van der Waals surface area contributed by atoms with Crippen molar-refractivity contribution in [2.24, 2.45) is 0 Å². The fraction of sp³-hybridized carbons (Fsp3) is 0.750. The molecule has 1 aromatic rings. The number of nitrogens with one attached hydrogen (secondary N) is 1. The molecule has 1 N–H and O–H groups in total. The summed E-state index contributed by atoms with van der Waals surface area (Å²) in [5.41, 5.74) is 0.347. The molecule has 0 atom stereocenters.